The van der Waals surface area contributed by atoms with Gasteiger partial charge in [0.1, 0.15) is 5.75 Å². The maximum atomic E-state index is 13.3. The summed E-state index contributed by atoms with van der Waals surface area (Å²) in [5.74, 6) is -0.0530. The number of imide groups is 1. The summed E-state index contributed by atoms with van der Waals surface area (Å²) in [4.78, 5) is 52.8. The number of ether oxygens (including phenoxy) is 2. The van der Waals surface area contributed by atoms with E-state index in [-0.39, 0.29) is 46.8 Å². The molecule has 2 aromatic carbocycles. The fraction of sp³-hybridized carbons (Fsp3) is 0.333. The molecular formula is C27H23NO6. The number of amides is 2. The summed E-state index contributed by atoms with van der Waals surface area (Å²) >= 11 is 0. The van der Waals surface area contributed by atoms with E-state index in [0.29, 0.717) is 28.8 Å². The van der Waals surface area contributed by atoms with Crippen LogP contribution in [0, 0.1) is 35.5 Å². The van der Waals surface area contributed by atoms with Crippen LogP contribution >= 0.6 is 0 Å². The molecule has 4 aliphatic carbocycles. The van der Waals surface area contributed by atoms with E-state index >= 15 is 0 Å². The number of Topliss-reactive ketones (excluding diaryl/α,β-unsaturated/α-hetero) is 1. The van der Waals surface area contributed by atoms with Crippen molar-refractivity contribution in [3.63, 3.8) is 0 Å². The summed E-state index contributed by atoms with van der Waals surface area (Å²) in [5, 5.41) is 0. The zero-order chi connectivity index (χ0) is 23.6. The van der Waals surface area contributed by atoms with Gasteiger partial charge in [0.2, 0.25) is 11.8 Å². The van der Waals surface area contributed by atoms with E-state index in [2.05, 4.69) is 12.2 Å². The van der Waals surface area contributed by atoms with E-state index in [4.69, 9.17) is 9.47 Å². The van der Waals surface area contributed by atoms with Gasteiger partial charge in [-0.05, 0) is 72.6 Å². The van der Waals surface area contributed by atoms with Crippen LogP contribution in [0.25, 0.3) is 0 Å². The maximum Gasteiger partial charge on any atom is 0.338 e. The van der Waals surface area contributed by atoms with Crippen LogP contribution in [-0.2, 0) is 14.3 Å². The summed E-state index contributed by atoms with van der Waals surface area (Å²) in [7, 11) is 1.54. The van der Waals surface area contributed by atoms with Gasteiger partial charge in [0.25, 0.3) is 0 Å². The van der Waals surface area contributed by atoms with Gasteiger partial charge in [-0.15, -0.1) is 0 Å². The van der Waals surface area contributed by atoms with Crippen molar-refractivity contribution in [1.29, 1.82) is 0 Å². The number of hydrogen-bond acceptors (Lipinski definition) is 6. The van der Waals surface area contributed by atoms with Gasteiger partial charge in [0.15, 0.2) is 12.4 Å². The van der Waals surface area contributed by atoms with Gasteiger partial charge in [-0.25, -0.2) is 9.69 Å². The number of carbonyl (C=O) groups excluding carboxylic acids is 4. The van der Waals surface area contributed by atoms with Crippen LogP contribution in [0.15, 0.2) is 60.7 Å². The molecule has 1 heterocycles. The molecule has 0 spiro atoms. The number of carbonyl (C=O) groups is 4. The van der Waals surface area contributed by atoms with Crippen molar-refractivity contribution in [2.75, 3.05) is 18.6 Å². The second kappa shape index (κ2) is 7.65. The lowest BCUT2D eigenvalue weighted by Crippen LogP contribution is -2.40. The van der Waals surface area contributed by atoms with Crippen molar-refractivity contribution in [3.05, 3.63) is 71.8 Å². The Kier molecular flexibility index (Phi) is 4.69. The molecule has 2 saturated carbocycles. The van der Waals surface area contributed by atoms with Gasteiger partial charge in [-0.2, -0.15) is 0 Å². The Labute approximate surface area is 196 Å². The molecule has 34 heavy (non-hydrogen) atoms. The van der Waals surface area contributed by atoms with Gasteiger partial charge in [-0.1, -0.05) is 18.2 Å². The fourth-order valence-electron chi connectivity index (χ4n) is 6.06. The zero-order valence-electron chi connectivity index (χ0n) is 18.5. The Morgan fingerprint density at radius 2 is 1.56 bits per heavy atom. The normalized spacial score (nSPS) is 30.1. The average Bonchev–Trinajstić information content (AvgIpc) is 3.65. The minimum Gasteiger partial charge on any atom is -0.497 e. The van der Waals surface area contributed by atoms with E-state index in [9.17, 15) is 19.2 Å². The molecule has 0 N–H and O–H groups in total. The molecule has 0 radical (unpaired) electrons. The molecule has 0 unspecified atom stereocenters. The van der Waals surface area contributed by atoms with E-state index in [1.807, 2.05) is 0 Å². The number of hydrogen-bond donors (Lipinski definition) is 0. The third-order valence-corrected chi connectivity index (χ3v) is 7.75. The van der Waals surface area contributed by atoms with Crippen LogP contribution in [-0.4, -0.2) is 37.3 Å². The topological polar surface area (TPSA) is 90.0 Å². The standard InChI is InChI=1S/C27H23NO6/c1-33-17-7-5-14(6-8-17)22(29)13-34-27(32)15-3-2-4-16(11-15)28-25(30)23-18-9-10-19(21-12-20(18)21)24(23)26(28)31/h2-11,18-21,23-24H,12-13H2,1H3/t18-,19-,20-,21+,23-,24+/m0/s1. The molecule has 7 heteroatoms. The molecule has 7 nitrogen and oxygen atoms in total. The summed E-state index contributed by atoms with van der Waals surface area (Å²) in [6.45, 7) is -0.418. The number of benzene rings is 2. The van der Waals surface area contributed by atoms with E-state index in [1.54, 1.807) is 42.5 Å². The minimum absolute atomic E-state index is 0.138. The molecule has 1 aliphatic heterocycles. The lowest BCUT2D eigenvalue weighted by atomic mass is 9.63. The number of ketones is 1. The Hall–Kier alpha value is -3.74. The van der Waals surface area contributed by atoms with Crippen molar-refractivity contribution >= 4 is 29.3 Å². The predicted octanol–water partition coefficient (Wildman–Crippen LogP) is 3.29. The van der Waals surface area contributed by atoms with Crippen LogP contribution in [0.5, 0.6) is 5.75 Å². The van der Waals surface area contributed by atoms with Gasteiger partial charge >= 0.3 is 5.97 Å². The highest BCUT2D eigenvalue weighted by Crippen LogP contribution is 2.65. The van der Waals surface area contributed by atoms with Crippen LogP contribution in [0.3, 0.4) is 0 Å². The first-order valence-corrected chi connectivity index (χ1v) is 11.5. The first-order valence-electron chi connectivity index (χ1n) is 11.5. The smallest absolute Gasteiger partial charge is 0.338 e. The lowest BCUT2D eigenvalue weighted by molar-refractivity contribution is -0.124. The largest absolute Gasteiger partial charge is 0.497 e. The minimum atomic E-state index is -0.691. The Balaban J connectivity index is 1.17. The van der Waals surface area contributed by atoms with E-state index < -0.39 is 12.6 Å². The second-order valence-electron chi connectivity index (χ2n) is 9.44. The van der Waals surface area contributed by atoms with Crippen LogP contribution < -0.4 is 9.64 Å². The number of methoxy groups -OCH3 is 1. The Morgan fingerprint density at radius 1 is 0.912 bits per heavy atom. The van der Waals surface area contributed by atoms with Crippen LogP contribution in [0.4, 0.5) is 5.69 Å². The fourth-order valence-corrected chi connectivity index (χ4v) is 6.06. The third-order valence-electron chi connectivity index (χ3n) is 7.75. The summed E-state index contributed by atoms with van der Waals surface area (Å²) in [5.41, 5.74) is 0.951. The zero-order valence-corrected chi connectivity index (χ0v) is 18.5. The van der Waals surface area contributed by atoms with E-state index in [0.717, 1.165) is 6.42 Å². The van der Waals surface area contributed by atoms with Crippen molar-refractivity contribution in [2.45, 2.75) is 6.42 Å². The average molecular weight is 457 g/mol. The van der Waals surface area contributed by atoms with Crippen LogP contribution in [0.1, 0.15) is 27.1 Å². The molecule has 5 aliphatic rings. The SMILES string of the molecule is COc1ccc(C(=O)COC(=O)c2cccc(N3C(=O)[C@@H]4[C@H]5C=C[C@@H]([C@@H]6C[C@H]56)[C@@H]4C3=O)c2)cc1. The number of allylic oxidation sites excluding steroid dienone is 2. The lowest BCUT2D eigenvalue weighted by Gasteiger charge is -2.37. The van der Waals surface area contributed by atoms with Crippen molar-refractivity contribution < 1.29 is 28.7 Å². The molecule has 2 bridgehead atoms. The molecule has 3 fully saturated rings. The first-order chi connectivity index (χ1) is 16.5. The molecule has 172 valence electrons. The van der Waals surface area contributed by atoms with Gasteiger partial charge in [0.05, 0.1) is 30.2 Å². The summed E-state index contributed by atoms with van der Waals surface area (Å²) in [6.07, 6.45) is 5.36. The molecule has 2 amide bonds. The van der Waals surface area contributed by atoms with Gasteiger partial charge < -0.3 is 9.47 Å². The van der Waals surface area contributed by atoms with Gasteiger partial charge in [0, 0.05) is 5.56 Å². The number of rotatable bonds is 6. The van der Waals surface area contributed by atoms with Crippen molar-refractivity contribution in [1.82, 2.24) is 0 Å². The number of anilines is 1. The number of nitrogens with zero attached hydrogens (tertiary/aromatic N) is 1. The van der Waals surface area contributed by atoms with E-state index in [1.165, 1.54) is 18.1 Å². The van der Waals surface area contributed by atoms with Crippen molar-refractivity contribution in [3.8, 4) is 5.75 Å². The highest BCUT2D eigenvalue weighted by molar-refractivity contribution is 6.23. The first kappa shape index (κ1) is 20.8. The highest BCUT2D eigenvalue weighted by atomic mass is 16.5. The highest BCUT2D eigenvalue weighted by Gasteiger charge is 2.67. The van der Waals surface area contributed by atoms with Crippen molar-refractivity contribution in [2.24, 2.45) is 35.5 Å². The third kappa shape index (κ3) is 3.10. The van der Waals surface area contributed by atoms with Gasteiger partial charge in [-0.3, -0.25) is 14.4 Å². The molecular weight excluding hydrogens is 434 g/mol. The summed E-state index contributed by atoms with van der Waals surface area (Å²) < 4.78 is 10.3. The molecule has 1 saturated heterocycles. The monoisotopic (exact) mass is 457 g/mol. The second-order valence-corrected chi connectivity index (χ2v) is 9.44. The molecule has 6 atom stereocenters. The maximum absolute atomic E-state index is 13.3. The molecule has 7 rings (SSSR count). The van der Waals surface area contributed by atoms with Crippen LogP contribution in [0.2, 0.25) is 0 Å². The predicted molar refractivity (Wildman–Crippen MR) is 121 cm³/mol. The molecule has 2 aromatic rings. The quantitative estimate of drug-likeness (QED) is 0.286. The molecule has 0 aromatic heterocycles. The number of esters is 1. The Morgan fingerprint density at radius 3 is 2.18 bits per heavy atom. The summed E-state index contributed by atoms with van der Waals surface area (Å²) in [6, 6.07) is 12.8. The Bertz CT molecular complexity index is 1210.